The van der Waals surface area contributed by atoms with Crippen LogP contribution in [0.4, 0.5) is 4.79 Å². The predicted molar refractivity (Wildman–Crippen MR) is 96.7 cm³/mol. The van der Waals surface area contributed by atoms with E-state index < -0.39 is 12.0 Å². The highest BCUT2D eigenvalue weighted by molar-refractivity contribution is 9.10. The second-order valence-corrected chi connectivity index (χ2v) is 6.20. The van der Waals surface area contributed by atoms with E-state index in [9.17, 15) is 14.4 Å². The van der Waals surface area contributed by atoms with Gasteiger partial charge in [-0.05, 0) is 46.1 Å². The van der Waals surface area contributed by atoms with Crippen LogP contribution >= 0.6 is 15.9 Å². The van der Waals surface area contributed by atoms with Gasteiger partial charge < -0.3 is 19.5 Å². The molecular formula is C17H19BrN2O6. The van der Waals surface area contributed by atoms with Crippen LogP contribution < -0.4 is 14.8 Å². The third kappa shape index (κ3) is 4.34. The lowest BCUT2D eigenvalue weighted by atomic mass is 10.1. The van der Waals surface area contributed by atoms with Gasteiger partial charge in [0.05, 0.1) is 18.7 Å². The SMILES string of the molecule is CCCN1C(=O)N/C(=C/c2cc(Br)c(OCC(=O)OC)c(OC)c2)C1=O. The fourth-order valence-electron chi connectivity index (χ4n) is 2.32. The molecule has 0 saturated carbocycles. The summed E-state index contributed by atoms with van der Waals surface area (Å²) in [6.45, 7) is 1.97. The maximum Gasteiger partial charge on any atom is 0.343 e. The smallest absolute Gasteiger partial charge is 0.343 e. The molecule has 1 aromatic rings. The molecule has 1 N–H and O–H groups in total. The van der Waals surface area contributed by atoms with E-state index in [1.165, 1.54) is 14.2 Å². The summed E-state index contributed by atoms with van der Waals surface area (Å²) in [5.41, 5.74) is 0.793. The highest BCUT2D eigenvalue weighted by Crippen LogP contribution is 2.37. The molecule has 3 amide bonds. The van der Waals surface area contributed by atoms with E-state index in [2.05, 4.69) is 26.0 Å². The standard InChI is InChI=1S/C17H19BrN2O6/c1-4-5-20-16(22)12(19-17(20)23)7-10-6-11(18)15(13(8-10)24-2)26-9-14(21)25-3/h6-8H,4-5,9H2,1-3H3,(H,19,23)/b12-7+. The Kier molecular flexibility index (Phi) is 6.62. The zero-order valence-electron chi connectivity index (χ0n) is 14.6. The molecule has 0 unspecified atom stereocenters. The van der Waals surface area contributed by atoms with Gasteiger partial charge in [0, 0.05) is 6.54 Å². The monoisotopic (exact) mass is 426 g/mol. The quantitative estimate of drug-likeness (QED) is 0.408. The number of hydrogen-bond acceptors (Lipinski definition) is 6. The van der Waals surface area contributed by atoms with E-state index in [-0.39, 0.29) is 18.2 Å². The minimum absolute atomic E-state index is 0.181. The van der Waals surface area contributed by atoms with Crippen LogP contribution in [-0.2, 0) is 14.3 Å². The van der Waals surface area contributed by atoms with Crippen LogP contribution in [0.3, 0.4) is 0 Å². The molecule has 0 bridgehead atoms. The summed E-state index contributed by atoms with van der Waals surface area (Å²) in [6.07, 6.45) is 2.23. The molecule has 0 aliphatic carbocycles. The Bertz CT molecular complexity index is 762. The summed E-state index contributed by atoms with van der Waals surface area (Å²) in [6, 6.07) is 2.88. The van der Waals surface area contributed by atoms with Crippen molar-refractivity contribution < 1.29 is 28.6 Å². The van der Waals surface area contributed by atoms with E-state index in [1.54, 1.807) is 18.2 Å². The minimum atomic E-state index is -0.527. The van der Waals surface area contributed by atoms with Crippen LogP contribution in [-0.4, -0.2) is 50.2 Å². The molecule has 0 spiro atoms. The molecule has 0 aromatic heterocycles. The van der Waals surface area contributed by atoms with E-state index >= 15 is 0 Å². The van der Waals surface area contributed by atoms with E-state index in [1.807, 2.05) is 6.92 Å². The van der Waals surface area contributed by atoms with Crippen LogP contribution in [0.2, 0.25) is 0 Å². The number of nitrogens with zero attached hydrogens (tertiary/aromatic N) is 1. The van der Waals surface area contributed by atoms with Crippen LogP contribution in [0.15, 0.2) is 22.3 Å². The molecule has 1 aliphatic heterocycles. The molecule has 0 atom stereocenters. The molecule has 1 heterocycles. The van der Waals surface area contributed by atoms with Crippen molar-refractivity contribution >= 4 is 39.9 Å². The fourth-order valence-corrected chi connectivity index (χ4v) is 2.89. The van der Waals surface area contributed by atoms with Crippen molar-refractivity contribution in [2.75, 3.05) is 27.4 Å². The maximum atomic E-state index is 12.3. The number of halogens is 1. The number of esters is 1. The maximum absolute atomic E-state index is 12.3. The molecule has 1 aliphatic rings. The van der Waals surface area contributed by atoms with Crippen molar-refractivity contribution in [2.45, 2.75) is 13.3 Å². The van der Waals surface area contributed by atoms with Gasteiger partial charge in [0.25, 0.3) is 5.91 Å². The molecule has 1 saturated heterocycles. The number of nitrogens with one attached hydrogen (secondary N) is 1. The zero-order valence-corrected chi connectivity index (χ0v) is 16.2. The highest BCUT2D eigenvalue weighted by Gasteiger charge is 2.32. The summed E-state index contributed by atoms with van der Waals surface area (Å²) < 4.78 is 15.8. The summed E-state index contributed by atoms with van der Waals surface area (Å²) in [5, 5.41) is 2.56. The number of urea groups is 1. The van der Waals surface area contributed by atoms with Gasteiger partial charge in [-0.25, -0.2) is 9.59 Å². The molecule has 9 heteroatoms. The molecule has 26 heavy (non-hydrogen) atoms. The lowest BCUT2D eigenvalue weighted by Crippen LogP contribution is -2.31. The second-order valence-electron chi connectivity index (χ2n) is 5.34. The van der Waals surface area contributed by atoms with Gasteiger partial charge in [0.15, 0.2) is 18.1 Å². The molecule has 140 valence electrons. The van der Waals surface area contributed by atoms with Crippen molar-refractivity contribution in [1.29, 1.82) is 0 Å². The molecular weight excluding hydrogens is 408 g/mol. The number of carbonyl (C=O) groups excluding carboxylic acids is 3. The number of ether oxygens (including phenoxy) is 3. The Balaban J connectivity index is 2.28. The van der Waals surface area contributed by atoms with Gasteiger partial charge in [-0.2, -0.15) is 0 Å². The summed E-state index contributed by atoms with van der Waals surface area (Å²) >= 11 is 3.35. The molecule has 8 nitrogen and oxygen atoms in total. The highest BCUT2D eigenvalue weighted by atomic mass is 79.9. The Hall–Kier alpha value is -2.55. The fraction of sp³-hybridized carbons (Fsp3) is 0.353. The number of imide groups is 1. The molecule has 1 aromatic carbocycles. The van der Waals surface area contributed by atoms with Gasteiger partial charge in [-0.3, -0.25) is 9.69 Å². The van der Waals surface area contributed by atoms with E-state index in [4.69, 9.17) is 9.47 Å². The molecule has 1 fully saturated rings. The Morgan fingerprint density at radius 1 is 1.31 bits per heavy atom. The average molecular weight is 427 g/mol. The van der Waals surface area contributed by atoms with Gasteiger partial charge in [-0.15, -0.1) is 0 Å². The third-order valence-corrected chi connectivity index (χ3v) is 4.12. The van der Waals surface area contributed by atoms with Crippen LogP contribution in [0.1, 0.15) is 18.9 Å². The number of hydrogen-bond donors (Lipinski definition) is 1. The topological polar surface area (TPSA) is 94.2 Å². The van der Waals surface area contributed by atoms with Gasteiger partial charge in [0.1, 0.15) is 5.70 Å². The Labute approximate surface area is 159 Å². The first kappa shape index (κ1) is 19.8. The summed E-state index contributed by atoms with van der Waals surface area (Å²) in [7, 11) is 2.72. The van der Waals surface area contributed by atoms with Crippen molar-refractivity contribution in [2.24, 2.45) is 0 Å². The van der Waals surface area contributed by atoms with Crippen LogP contribution in [0, 0.1) is 0 Å². The lowest BCUT2D eigenvalue weighted by molar-refractivity contribution is -0.143. The summed E-state index contributed by atoms with van der Waals surface area (Å²) in [4.78, 5) is 36.5. The third-order valence-electron chi connectivity index (χ3n) is 3.53. The van der Waals surface area contributed by atoms with E-state index in [0.29, 0.717) is 34.5 Å². The van der Waals surface area contributed by atoms with Gasteiger partial charge >= 0.3 is 12.0 Å². The number of rotatable bonds is 7. The van der Waals surface area contributed by atoms with Crippen molar-refractivity contribution in [3.63, 3.8) is 0 Å². The Morgan fingerprint density at radius 3 is 2.65 bits per heavy atom. The predicted octanol–water partition coefficient (Wildman–Crippen LogP) is 2.31. The minimum Gasteiger partial charge on any atom is -0.493 e. The second kappa shape index (κ2) is 8.70. The van der Waals surface area contributed by atoms with Gasteiger partial charge in [0.2, 0.25) is 0 Å². The van der Waals surface area contributed by atoms with Crippen molar-refractivity contribution in [1.82, 2.24) is 10.2 Å². The Morgan fingerprint density at radius 2 is 2.04 bits per heavy atom. The first-order valence-corrected chi connectivity index (χ1v) is 8.62. The average Bonchev–Trinajstić information content (AvgIpc) is 2.87. The van der Waals surface area contributed by atoms with E-state index in [0.717, 1.165) is 4.90 Å². The van der Waals surface area contributed by atoms with Crippen LogP contribution in [0.25, 0.3) is 6.08 Å². The number of benzene rings is 1. The van der Waals surface area contributed by atoms with Crippen molar-refractivity contribution in [3.05, 3.63) is 27.9 Å². The first-order chi connectivity index (χ1) is 12.4. The lowest BCUT2D eigenvalue weighted by Gasteiger charge is -2.13. The number of carbonyl (C=O) groups is 3. The van der Waals surface area contributed by atoms with Crippen LogP contribution in [0.5, 0.6) is 11.5 Å². The molecule has 2 rings (SSSR count). The molecule has 0 radical (unpaired) electrons. The van der Waals surface area contributed by atoms with Crippen molar-refractivity contribution in [3.8, 4) is 11.5 Å². The number of methoxy groups -OCH3 is 2. The zero-order chi connectivity index (χ0) is 19.3. The largest absolute Gasteiger partial charge is 0.493 e. The first-order valence-electron chi connectivity index (χ1n) is 7.83. The normalized spacial score (nSPS) is 15.2. The summed E-state index contributed by atoms with van der Waals surface area (Å²) in [5.74, 6) is -0.217. The van der Waals surface area contributed by atoms with Gasteiger partial charge in [-0.1, -0.05) is 6.92 Å². The number of amides is 3.